The van der Waals surface area contributed by atoms with Crippen LogP contribution >= 0.6 is 0 Å². The maximum Gasteiger partial charge on any atom is 0.410 e. The van der Waals surface area contributed by atoms with Crippen molar-refractivity contribution in [3.63, 3.8) is 0 Å². The van der Waals surface area contributed by atoms with Crippen molar-refractivity contribution in [1.82, 2.24) is 26.2 Å². The van der Waals surface area contributed by atoms with E-state index < -0.39 is 54.0 Å². The Hall–Kier alpha value is -4.69. The van der Waals surface area contributed by atoms with Gasteiger partial charge in [-0.3, -0.25) is 28.9 Å². The zero-order chi connectivity index (χ0) is 38.8. The van der Waals surface area contributed by atoms with Crippen LogP contribution in [-0.2, 0) is 35.3 Å². The van der Waals surface area contributed by atoms with Crippen LogP contribution in [0.4, 0.5) is 15.3 Å². The van der Waals surface area contributed by atoms with Gasteiger partial charge in [-0.05, 0) is 61.6 Å². The van der Waals surface area contributed by atoms with Crippen LogP contribution < -0.4 is 32.3 Å². The molecule has 1 aromatic rings. The Morgan fingerprint density at radius 3 is 1.90 bits per heavy atom. The van der Waals surface area contributed by atoms with Crippen LogP contribution in [0.25, 0.3) is 0 Å². The van der Waals surface area contributed by atoms with E-state index in [1.165, 1.54) is 18.9 Å². The molecule has 4 unspecified atom stereocenters. The summed E-state index contributed by atoms with van der Waals surface area (Å²) in [7, 11) is 1.46. The number of benzene rings is 1. The number of nitrogens with two attached hydrogens (primary N) is 1. The second kappa shape index (κ2) is 22.2. The number of urea groups is 1. The summed E-state index contributed by atoms with van der Waals surface area (Å²) in [5.41, 5.74) is 6.17. The molecule has 7 amide bonds. The van der Waals surface area contributed by atoms with E-state index >= 15 is 0 Å². The van der Waals surface area contributed by atoms with E-state index in [4.69, 9.17) is 10.5 Å². The standard InChI is InChI=1S/C36H59N7O8/c1-10-11-14-28(45)41-30(22(4)5)33(47)40-27(13-12-19-38-35(37)49)32(46)39-26-17-15-25(16-18-26)20-51-36(50)43(9)31(23(6)7)34(48)42-29(21(2)3)24(8)44/h15-18,21-23,27,29-31H,10-14,19-20H2,1-9H3,(H,39,46)(H,40,47)(H,41,45)(H,42,48)(H3,37,38,49). The fourth-order valence-corrected chi connectivity index (χ4v) is 5.34. The molecule has 0 aliphatic heterocycles. The smallest absolute Gasteiger partial charge is 0.410 e. The average Bonchev–Trinajstić information content (AvgIpc) is 3.05. The predicted molar refractivity (Wildman–Crippen MR) is 194 cm³/mol. The first-order chi connectivity index (χ1) is 23.9. The zero-order valence-electron chi connectivity index (χ0n) is 31.6. The van der Waals surface area contributed by atoms with Crippen molar-refractivity contribution in [1.29, 1.82) is 0 Å². The van der Waals surface area contributed by atoms with E-state index in [9.17, 15) is 33.6 Å². The molecular formula is C36H59N7O8. The summed E-state index contributed by atoms with van der Waals surface area (Å²) >= 11 is 0. The molecule has 286 valence electrons. The van der Waals surface area contributed by atoms with E-state index in [2.05, 4.69) is 26.6 Å². The lowest BCUT2D eigenvalue weighted by Crippen LogP contribution is -2.55. The highest BCUT2D eigenvalue weighted by Gasteiger charge is 2.34. The Kier molecular flexibility index (Phi) is 19.3. The molecule has 0 saturated heterocycles. The van der Waals surface area contributed by atoms with Crippen molar-refractivity contribution in [3.05, 3.63) is 29.8 Å². The second-order valence-corrected chi connectivity index (χ2v) is 13.8. The first kappa shape index (κ1) is 44.3. The van der Waals surface area contributed by atoms with E-state index in [0.29, 0.717) is 24.1 Å². The lowest BCUT2D eigenvalue weighted by Gasteiger charge is -2.31. The van der Waals surface area contributed by atoms with Crippen molar-refractivity contribution in [3.8, 4) is 0 Å². The van der Waals surface area contributed by atoms with Gasteiger partial charge < -0.3 is 37.1 Å². The van der Waals surface area contributed by atoms with Gasteiger partial charge in [0.2, 0.25) is 23.6 Å². The van der Waals surface area contributed by atoms with Crippen LogP contribution in [0.15, 0.2) is 24.3 Å². The number of rotatable bonds is 21. The number of carbonyl (C=O) groups excluding carboxylic acids is 7. The number of primary amides is 1. The molecule has 0 heterocycles. The van der Waals surface area contributed by atoms with Gasteiger partial charge in [0.1, 0.15) is 24.7 Å². The van der Waals surface area contributed by atoms with Crippen molar-refractivity contribution in [2.75, 3.05) is 18.9 Å². The van der Waals surface area contributed by atoms with Crippen LogP contribution in [0.5, 0.6) is 0 Å². The van der Waals surface area contributed by atoms with E-state index in [1.54, 1.807) is 52.0 Å². The molecule has 0 saturated carbocycles. The van der Waals surface area contributed by atoms with Crippen molar-refractivity contribution in [2.24, 2.45) is 23.5 Å². The third kappa shape index (κ3) is 15.8. The molecule has 0 aliphatic carbocycles. The topological polar surface area (TPSA) is 218 Å². The molecule has 7 N–H and O–H groups in total. The Morgan fingerprint density at radius 1 is 0.784 bits per heavy atom. The highest BCUT2D eigenvalue weighted by atomic mass is 16.6. The Morgan fingerprint density at radius 2 is 1.39 bits per heavy atom. The SMILES string of the molecule is CCCCC(=O)NC(C(=O)NC(CCCNC(N)=O)C(=O)Nc1ccc(COC(=O)N(C)C(C(=O)NC(C(C)=O)C(C)C)C(C)C)cc1)C(C)C. The minimum Gasteiger partial charge on any atom is -0.445 e. The number of carbonyl (C=O) groups is 7. The number of nitrogens with one attached hydrogen (secondary N) is 5. The van der Waals surface area contributed by atoms with Crippen LogP contribution in [0.2, 0.25) is 0 Å². The van der Waals surface area contributed by atoms with Crippen LogP contribution in [0.1, 0.15) is 93.1 Å². The van der Waals surface area contributed by atoms with Gasteiger partial charge in [-0.2, -0.15) is 0 Å². The lowest BCUT2D eigenvalue weighted by atomic mass is 9.97. The quantitative estimate of drug-likeness (QED) is 0.104. The fourth-order valence-electron chi connectivity index (χ4n) is 5.34. The summed E-state index contributed by atoms with van der Waals surface area (Å²) in [5.74, 6) is -2.51. The molecule has 0 radical (unpaired) electrons. The molecule has 15 heteroatoms. The fraction of sp³-hybridized carbons (Fsp3) is 0.639. The first-order valence-corrected chi connectivity index (χ1v) is 17.6. The van der Waals surface area contributed by atoms with Gasteiger partial charge in [0, 0.05) is 25.7 Å². The summed E-state index contributed by atoms with van der Waals surface area (Å²) in [6.45, 7) is 14.3. The summed E-state index contributed by atoms with van der Waals surface area (Å²) < 4.78 is 5.47. The number of Topliss-reactive ketones (excluding diaryl/α,β-unsaturated/α-hetero) is 1. The van der Waals surface area contributed by atoms with Crippen molar-refractivity contribution >= 4 is 47.2 Å². The number of hydrogen-bond acceptors (Lipinski definition) is 8. The average molecular weight is 718 g/mol. The van der Waals surface area contributed by atoms with Crippen LogP contribution in [0.3, 0.4) is 0 Å². The number of unbranched alkanes of at least 4 members (excludes halogenated alkanes) is 1. The molecule has 0 fully saturated rings. The monoisotopic (exact) mass is 717 g/mol. The third-order valence-electron chi connectivity index (χ3n) is 8.22. The highest BCUT2D eigenvalue weighted by molar-refractivity contribution is 5.98. The number of ketones is 1. The van der Waals surface area contributed by atoms with E-state index in [0.717, 1.165) is 6.42 Å². The van der Waals surface area contributed by atoms with Crippen molar-refractivity contribution in [2.45, 2.75) is 118 Å². The molecule has 0 bridgehead atoms. The highest BCUT2D eigenvalue weighted by Crippen LogP contribution is 2.16. The largest absolute Gasteiger partial charge is 0.445 e. The molecule has 0 aliphatic rings. The summed E-state index contributed by atoms with van der Waals surface area (Å²) in [5, 5.41) is 13.5. The zero-order valence-corrected chi connectivity index (χ0v) is 31.6. The Bertz CT molecular complexity index is 1330. The van der Waals surface area contributed by atoms with E-state index in [1.807, 2.05) is 20.8 Å². The maximum atomic E-state index is 13.4. The minimum absolute atomic E-state index is 0.113. The second-order valence-electron chi connectivity index (χ2n) is 13.8. The molecule has 1 aromatic carbocycles. The maximum absolute atomic E-state index is 13.4. The normalized spacial score (nSPS) is 13.4. The summed E-state index contributed by atoms with van der Waals surface area (Å²) in [6.07, 6.45) is 1.60. The Labute approximate surface area is 301 Å². The number of ether oxygens (including phenoxy) is 1. The van der Waals surface area contributed by atoms with Crippen molar-refractivity contribution < 1.29 is 38.3 Å². The van der Waals surface area contributed by atoms with Gasteiger partial charge in [0.25, 0.3) is 0 Å². The first-order valence-electron chi connectivity index (χ1n) is 17.6. The number of amides is 7. The summed E-state index contributed by atoms with van der Waals surface area (Å²) in [6, 6.07) is 2.44. The molecule has 0 aromatic heterocycles. The lowest BCUT2D eigenvalue weighted by molar-refractivity contribution is -0.132. The van der Waals surface area contributed by atoms with Gasteiger partial charge in [0.15, 0.2) is 5.78 Å². The predicted octanol–water partition coefficient (Wildman–Crippen LogP) is 3.21. The molecule has 1 rings (SSSR count). The minimum atomic E-state index is -0.991. The van der Waals surface area contributed by atoms with Gasteiger partial charge >= 0.3 is 12.1 Å². The number of hydrogen-bond donors (Lipinski definition) is 6. The molecule has 51 heavy (non-hydrogen) atoms. The third-order valence-corrected chi connectivity index (χ3v) is 8.22. The van der Waals surface area contributed by atoms with Crippen LogP contribution in [-0.4, -0.2) is 84.2 Å². The Balaban J connectivity index is 2.96. The molecular weight excluding hydrogens is 658 g/mol. The van der Waals surface area contributed by atoms with Crippen LogP contribution in [0, 0.1) is 17.8 Å². The molecule has 0 spiro atoms. The molecule has 15 nitrogen and oxygen atoms in total. The van der Waals surface area contributed by atoms with Gasteiger partial charge in [-0.25, -0.2) is 9.59 Å². The number of anilines is 1. The van der Waals surface area contributed by atoms with Gasteiger partial charge in [-0.15, -0.1) is 0 Å². The van der Waals surface area contributed by atoms with Gasteiger partial charge in [0.05, 0.1) is 6.04 Å². The van der Waals surface area contributed by atoms with E-state index in [-0.39, 0.29) is 55.4 Å². The summed E-state index contributed by atoms with van der Waals surface area (Å²) in [4.78, 5) is 89.4. The number of likely N-dealkylation sites (N-methyl/N-ethyl adjacent to an activating group) is 1. The van der Waals surface area contributed by atoms with Gasteiger partial charge in [-0.1, -0.05) is 67.0 Å². The molecule has 4 atom stereocenters. The number of nitrogens with zero attached hydrogens (tertiary/aromatic N) is 1.